The molecule has 0 aliphatic carbocycles. The summed E-state index contributed by atoms with van der Waals surface area (Å²) in [7, 11) is 0. The fourth-order valence-corrected chi connectivity index (χ4v) is 13.0. The lowest BCUT2D eigenvalue weighted by atomic mass is 9.85. The van der Waals surface area contributed by atoms with E-state index in [1.807, 2.05) is 95.3 Å². The average molecular weight is 1180 g/mol. The molecule has 3 fully saturated rings. The molecular weight excluding hydrogens is 1090 g/mol. The number of H-pyrrole nitrogens is 1. The Hall–Kier alpha value is -6.73. The van der Waals surface area contributed by atoms with Crippen LogP contribution in [0.2, 0.25) is 0 Å². The number of hydrogen-bond donors (Lipinski definition) is 5. The molecule has 0 saturated carbocycles. The Balaban J connectivity index is 0.727. The third kappa shape index (κ3) is 17.3. The van der Waals surface area contributed by atoms with Gasteiger partial charge in [-0.25, -0.2) is 4.98 Å². The number of carbonyl (C=O) groups is 5. The number of β-amino-alcohol motifs (C(OH)–C–C–N with tert-alkyl or cyclic N) is 1. The van der Waals surface area contributed by atoms with Gasteiger partial charge in [-0.15, -0.1) is 11.3 Å². The summed E-state index contributed by atoms with van der Waals surface area (Å²) in [6, 6.07) is 21.2. The van der Waals surface area contributed by atoms with Crippen LogP contribution in [0.15, 0.2) is 77.0 Å². The highest BCUT2D eigenvalue weighted by molar-refractivity contribution is 7.13. The van der Waals surface area contributed by atoms with E-state index in [2.05, 4.69) is 73.0 Å². The van der Waals surface area contributed by atoms with E-state index in [0.29, 0.717) is 56.3 Å². The lowest BCUT2D eigenvalue weighted by Gasteiger charge is -2.37. The maximum Gasteiger partial charge on any atom is 0.253 e. The normalized spacial score (nSPS) is 17.2. The summed E-state index contributed by atoms with van der Waals surface area (Å²) in [5.41, 5.74) is 11.8. The fourth-order valence-electron chi connectivity index (χ4n) is 12.2. The SMILES string of the molecule is CCN(c1cc(-c2ccc(CN3CCN(C(=O)CCCCCCCCCC(=O)NC(C(=O)N4CC(O)CC4C(=O)NCc4ccc(-c5scnc5C)cc4)C(C)(C)C)CC3)cc2)cc(C(=O)NCc2c(C)cc(C)[nH]c2=O)c1C)C1CCOCC1. The van der Waals surface area contributed by atoms with Crippen LogP contribution in [0.25, 0.3) is 21.6 Å². The smallest absolute Gasteiger partial charge is 0.253 e. The summed E-state index contributed by atoms with van der Waals surface area (Å²) in [6.45, 7) is 22.0. The Kier molecular flexibility index (Phi) is 22.7. The summed E-state index contributed by atoms with van der Waals surface area (Å²) in [6.07, 6.45) is 8.39. The highest BCUT2D eigenvalue weighted by atomic mass is 32.1. The number of piperazine rings is 1. The van der Waals surface area contributed by atoms with Crippen molar-refractivity contribution in [3.8, 4) is 21.6 Å². The maximum atomic E-state index is 14.1. The minimum Gasteiger partial charge on any atom is -0.391 e. The Morgan fingerprint density at radius 1 is 0.800 bits per heavy atom. The number of aliphatic hydroxyl groups excluding tert-OH is 1. The van der Waals surface area contributed by atoms with Gasteiger partial charge in [0.15, 0.2) is 0 Å². The summed E-state index contributed by atoms with van der Waals surface area (Å²) in [5, 5.41) is 19.6. The number of ether oxygens (including phenoxy) is 1. The first-order chi connectivity index (χ1) is 40.8. The molecule has 2 aromatic heterocycles. The van der Waals surface area contributed by atoms with Gasteiger partial charge in [0.2, 0.25) is 23.6 Å². The minimum absolute atomic E-state index is 0.0243. The monoisotopic (exact) mass is 1180 g/mol. The number of likely N-dealkylation sites (tertiary alicyclic amines) is 1. The maximum absolute atomic E-state index is 14.1. The second kappa shape index (κ2) is 30.1. The van der Waals surface area contributed by atoms with Crippen molar-refractivity contribution in [2.24, 2.45) is 5.41 Å². The van der Waals surface area contributed by atoms with Crippen molar-refractivity contribution < 1.29 is 33.8 Å². The molecule has 5 amide bonds. The van der Waals surface area contributed by atoms with Gasteiger partial charge < -0.3 is 45.5 Å². The van der Waals surface area contributed by atoms with E-state index in [4.69, 9.17) is 4.74 Å². The molecule has 0 bridgehead atoms. The topological polar surface area (TPSA) is 210 Å². The van der Waals surface area contributed by atoms with E-state index in [-0.39, 0.29) is 67.6 Å². The van der Waals surface area contributed by atoms with Gasteiger partial charge in [-0.3, -0.25) is 33.7 Å². The van der Waals surface area contributed by atoms with Crippen molar-refractivity contribution in [2.45, 2.75) is 176 Å². The van der Waals surface area contributed by atoms with Gasteiger partial charge in [0.1, 0.15) is 12.1 Å². The number of carbonyl (C=O) groups excluding carboxylic acids is 5. The number of amides is 5. The van der Waals surface area contributed by atoms with E-state index >= 15 is 0 Å². The van der Waals surface area contributed by atoms with E-state index in [1.54, 1.807) is 11.3 Å². The molecule has 18 heteroatoms. The van der Waals surface area contributed by atoms with Crippen LogP contribution in [0.3, 0.4) is 0 Å². The van der Waals surface area contributed by atoms with Crippen LogP contribution in [0.4, 0.5) is 5.69 Å². The summed E-state index contributed by atoms with van der Waals surface area (Å²) in [4.78, 5) is 97.6. The number of aromatic amines is 1. The Morgan fingerprint density at radius 3 is 2.08 bits per heavy atom. The average Bonchev–Trinajstić information content (AvgIpc) is 2.92. The largest absolute Gasteiger partial charge is 0.391 e. The van der Waals surface area contributed by atoms with Crippen molar-refractivity contribution in [3.63, 3.8) is 0 Å². The Bertz CT molecular complexity index is 3140. The van der Waals surface area contributed by atoms with Crippen LogP contribution < -0.4 is 26.4 Å². The van der Waals surface area contributed by atoms with Crippen molar-refractivity contribution in [3.05, 3.63) is 127 Å². The number of nitrogens with one attached hydrogen (secondary N) is 4. The fraction of sp³-hybridized carbons (Fsp3) is 0.537. The lowest BCUT2D eigenvalue weighted by Crippen LogP contribution is -2.57. The van der Waals surface area contributed by atoms with Crippen LogP contribution >= 0.6 is 11.3 Å². The molecule has 3 unspecified atom stereocenters. The van der Waals surface area contributed by atoms with E-state index in [0.717, 1.165) is 133 Å². The number of benzene rings is 3. The molecule has 8 rings (SSSR count). The number of aliphatic hydroxyl groups is 1. The number of aromatic nitrogens is 2. The van der Waals surface area contributed by atoms with Gasteiger partial charge in [-0.2, -0.15) is 0 Å². The standard InChI is InChI=1S/C67H91N9O8S/c1-9-75(53-27-33-84-34-28-53)57-37-52(36-55(46(57)4)63(80)69-40-56-44(2)35-45(3)71-64(56)81)50-23-21-49(22-24-50)41-73-29-31-74(32-30-73)60(79)18-16-14-12-10-11-13-15-17-59(78)72-62(67(6,7)8)66(83)76-42-54(77)38-58(76)65(82)68-39-48-19-25-51(26-20-48)61-47(5)70-43-85-61/h19-26,35-37,43,53-54,58,62,77H,9-18,27-34,38-42H2,1-8H3,(H,68,82)(H,69,80)(H,71,81)(H,72,78). The molecule has 3 aliphatic rings. The molecule has 85 heavy (non-hydrogen) atoms. The molecular formula is C67H91N9O8S. The van der Waals surface area contributed by atoms with E-state index < -0.39 is 23.6 Å². The molecule has 5 heterocycles. The first kappa shape index (κ1) is 64.3. The summed E-state index contributed by atoms with van der Waals surface area (Å²) >= 11 is 1.58. The summed E-state index contributed by atoms with van der Waals surface area (Å²) in [5.74, 6) is -0.917. The van der Waals surface area contributed by atoms with Gasteiger partial charge >= 0.3 is 0 Å². The number of thiazole rings is 1. The number of pyridine rings is 1. The highest BCUT2D eigenvalue weighted by Crippen LogP contribution is 2.35. The molecule has 5 N–H and O–H groups in total. The predicted octanol–water partition coefficient (Wildman–Crippen LogP) is 9.30. The zero-order valence-corrected chi connectivity index (χ0v) is 52.3. The molecule has 458 valence electrons. The van der Waals surface area contributed by atoms with Gasteiger partial charge in [0.25, 0.3) is 11.5 Å². The number of nitrogens with zero attached hydrogens (tertiary/aromatic N) is 5. The van der Waals surface area contributed by atoms with Crippen LogP contribution in [-0.4, -0.2) is 136 Å². The Labute approximate surface area is 506 Å². The number of rotatable bonds is 25. The summed E-state index contributed by atoms with van der Waals surface area (Å²) < 4.78 is 5.72. The lowest BCUT2D eigenvalue weighted by molar-refractivity contribution is -0.144. The van der Waals surface area contributed by atoms with Crippen molar-refractivity contribution in [1.29, 1.82) is 0 Å². The number of aryl methyl sites for hydroxylation is 3. The molecule has 3 aliphatic heterocycles. The van der Waals surface area contributed by atoms with Gasteiger partial charge in [-0.05, 0) is 123 Å². The molecule has 3 aromatic carbocycles. The highest BCUT2D eigenvalue weighted by Gasteiger charge is 2.44. The van der Waals surface area contributed by atoms with Crippen molar-refractivity contribution >= 4 is 46.6 Å². The quantitative estimate of drug-likeness (QED) is 0.0348. The zero-order valence-electron chi connectivity index (χ0n) is 51.5. The van der Waals surface area contributed by atoms with Crippen molar-refractivity contribution in [2.75, 3.05) is 57.4 Å². The van der Waals surface area contributed by atoms with Gasteiger partial charge in [-0.1, -0.05) is 101 Å². The Morgan fingerprint density at radius 2 is 1.45 bits per heavy atom. The number of hydrogen-bond acceptors (Lipinski definition) is 12. The molecule has 17 nitrogen and oxygen atoms in total. The number of anilines is 1. The van der Waals surface area contributed by atoms with E-state index in [1.165, 1.54) is 10.5 Å². The number of unbranched alkanes of at least 4 members (excludes halogenated alkanes) is 6. The van der Waals surface area contributed by atoms with Crippen LogP contribution in [-0.2, 0) is 43.5 Å². The van der Waals surface area contributed by atoms with Gasteiger partial charge in [0, 0.05) is 120 Å². The van der Waals surface area contributed by atoms with Gasteiger partial charge in [0.05, 0.1) is 22.2 Å². The third-order valence-electron chi connectivity index (χ3n) is 17.3. The van der Waals surface area contributed by atoms with Crippen LogP contribution in [0.1, 0.15) is 154 Å². The molecule has 0 spiro atoms. The van der Waals surface area contributed by atoms with Crippen LogP contribution in [0.5, 0.6) is 0 Å². The molecule has 3 saturated heterocycles. The van der Waals surface area contributed by atoms with E-state index in [9.17, 15) is 33.9 Å². The second-order valence-electron chi connectivity index (χ2n) is 24.7. The van der Waals surface area contributed by atoms with Crippen LogP contribution in [0, 0.1) is 33.1 Å². The first-order valence-electron chi connectivity index (χ1n) is 30.9. The molecule has 5 aromatic rings. The molecule has 3 atom stereocenters. The zero-order chi connectivity index (χ0) is 60.8. The predicted molar refractivity (Wildman–Crippen MR) is 336 cm³/mol. The minimum atomic E-state index is -0.865. The van der Waals surface area contributed by atoms with Crippen molar-refractivity contribution in [1.82, 2.24) is 40.6 Å². The first-order valence-corrected chi connectivity index (χ1v) is 31.8. The second-order valence-corrected chi connectivity index (χ2v) is 25.6. The molecule has 0 radical (unpaired) electrons. The third-order valence-corrected chi connectivity index (χ3v) is 18.2.